The molecule has 2 saturated heterocycles. The molecule has 2 heterocycles. The monoisotopic (exact) mass is 172 g/mol. The molecule has 0 amide bonds. The van der Waals surface area contributed by atoms with Gasteiger partial charge in [0, 0.05) is 18.3 Å². The van der Waals surface area contributed by atoms with Gasteiger partial charge in [0.15, 0.2) is 0 Å². The highest BCUT2D eigenvalue weighted by atomic mass is 32.2. The summed E-state index contributed by atoms with van der Waals surface area (Å²) >= 11 is 2.10. The second kappa shape index (κ2) is 2.96. The molecule has 2 N–H and O–H groups in total. The molecule has 2 nitrogen and oxygen atoms in total. The third kappa shape index (κ3) is 1.55. The zero-order valence-electron chi connectivity index (χ0n) is 7.02. The fraction of sp³-hybridized carbons (Fsp3) is 1.00. The van der Waals surface area contributed by atoms with Gasteiger partial charge < -0.3 is 5.32 Å². The summed E-state index contributed by atoms with van der Waals surface area (Å²) in [5.74, 6) is 1.28. The molecule has 2 fully saturated rings. The number of piperidine rings is 1. The number of thioether (sulfide) groups is 1. The number of nitrogens with one attached hydrogen (secondary N) is 2. The van der Waals surface area contributed by atoms with Crippen molar-refractivity contribution in [3.05, 3.63) is 0 Å². The average Bonchev–Trinajstić information content (AvgIpc) is 2.34. The zero-order chi connectivity index (χ0) is 7.73. The molecule has 3 heteroatoms. The van der Waals surface area contributed by atoms with Gasteiger partial charge >= 0.3 is 0 Å². The van der Waals surface area contributed by atoms with Crippen LogP contribution in [0.4, 0.5) is 0 Å². The minimum Gasteiger partial charge on any atom is -0.314 e. The van der Waals surface area contributed by atoms with Crippen LogP contribution >= 0.6 is 11.8 Å². The Hall–Kier alpha value is 0.270. The maximum Gasteiger partial charge on any atom is 0.0774 e. The summed E-state index contributed by atoms with van der Waals surface area (Å²) in [5.41, 5.74) is 0. The molecule has 0 aliphatic carbocycles. The third-order valence-electron chi connectivity index (χ3n) is 2.46. The summed E-state index contributed by atoms with van der Waals surface area (Å²) in [7, 11) is 0. The quantitative estimate of drug-likeness (QED) is 0.565. The first-order valence-electron chi connectivity index (χ1n) is 4.43. The van der Waals surface area contributed by atoms with Crippen LogP contribution in [0.5, 0.6) is 0 Å². The lowest BCUT2D eigenvalue weighted by molar-refractivity contribution is 0.352. The molecule has 2 aliphatic heterocycles. The van der Waals surface area contributed by atoms with Gasteiger partial charge in [-0.15, -0.1) is 11.8 Å². The molecule has 0 aromatic heterocycles. The normalized spacial score (nSPS) is 45.0. The molecule has 0 aromatic rings. The van der Waals surface area contributed by atoms with Crippen LogP contribution in [0.15, 0.2) is 0 Å². The first-order chi connectivity index (χ1) is 5.31. The Morgan fingerprint density at radius 1 is 1.55 bits per heavy atom. The predicted molar refractivity (Wildman–Crippen MR) is 49.9 cm³/mol. The van der Waals surface area contributed by atoms with Crippen molar-refractivity contribution in [1.29, 1.82) is 0 Å². The molecule has 2 aliphatic rings. The van der Waals surface area contributed by atoms with E-state index < -0.39 is 0 Å². The first-order valence-corrected chi connectivity index (χ1v) is 5.42. The Kier molecular flexibility index (Phi) is 2.12. The summed E-state index contributed by atoms with van der Waals surface area (Å²) in [4.78, 5) is 0.400. The van der Waals surface area contributed by atoms with Crippen molar-refractivity contribution in [3.63, 3.8) is 0 Å². The summed E-state index contributed by atoms with van der Waals surface area (Å²) in [6, 6.07) is 0.708. The summed E-state index contributed by atoms with van der Waals surface area (Å²) < 4.78 is 0. The smallest absolute Gasteiger partial charge is 0.0774 e. The van der Waals surface area contributed by atoms with Gasteiger partial charge in [0.05, 0.1) is 4.87 Å². The van der Waals surface area contributed by atoms with E-state index in [0.29, 0.717) is 10.9 Å². The average molecular weight is 172 g/mol. The Labute approximate surface area is 72.5 Å². The second-order valence-corrected chi connectivity index (χ2v) is 5.03. The lowest BCUT2D eigenvalue weighted by atomic mass is 10.1. The van der Waals surface area contributed by atoms with Gasteiger partial charge in [0.1, 0.15) is 0 Å². The van der Waals surface area contributed by atoms with E-state index in [1.807, 2.05) is 0 Å². The number of rotatable bonds is 0. The van der Waals surface area contributed by atoms with Gasteiger partial charge in [-0.2, -0.15) is 0 Å². The van der Waals surface area contributed by atoms with Crippen molar-refractivity contribution in [1.82, 2.24) is 10.6 Å². The maximum atomic E-state index is 3.67. The Morgan fingerprint density at radius 2 is 2.45 bits per heavy atom. The van der Waals surface area contributed by atoms with E-state index in [9.17, 15) is 0 Å². The highest BCUT2D eigenvalue weighted by Crippen LogP contribution is 2.35. The van der Waals surface area contributed by atoms with E-state index in [4.69, 9.17) is 0 Å². The van der Waals surface area contributed by atoms with Crippen molar-refractivity contribution in [2.75, 3.05) is 18.8 Å². The molecule has 0 saturated carbocycles. The van der Waals surface area contributed by atoms with Gasteiger partial charge in [0.25, 0.3) is 0 Å². The SMILES string of the molecule is CC1CSC2(CCCNC2)N1. The van der Waals surface area contributed by atoms with Crippen LogP contribution in [-0.4, -0.2) is 29.8 Å². The molecule has 2 unspecified atom stereocenters. The fourth-order valence-corrected chi connectivity index (χ4v) is 3.37. The molecule has 0 radical (unpaired) electrons. The highest BCUT2D eigenvalue weighted by Gasteiger charge is 2.38. The Balaban J connectivity index is 1.98. The van der Waals surface area contributed by atoms with Gasteiger partial charge in [-0.1, -0.05) is 0 Å². The number of hydrogen-bond acceptors (Lipinski definition) is 3. The Bertz CT molecular complexity index is 138. The van der Waals surface area contributed by atoms with E-state index in [-0.39, 0.29) is 0 Å². The van der Waals surface area contributed by atoms with Gasteiger partial charge in [0.2, 0.25) is 0 Å². The molecule has 1 spiro atoms. The minimum atomic E-state index is 0.400. The molecule has 2 atom stereocenters. The van der Waals surface area contributed by atoms with Crippen LogP contribution in [0.2, 0.25) is 0 Å². The van der Waals surface area contributed by atoms with E-state index in [0.717, 1.165) is 6.54 Å². The lowest BCUT2D eigenvalue weighted by Crippen LogP contribution is -2.51. The Morgan fingerprint density at radius 3 is 3.00 bits per heavy atom. The van der Waals surface area contributed by atoms with Crippen LogP contribution in [0.1, 0.15) is 19.8 Å². The predicted octanol–water partition coefficient (Wildman–Crippen LogP) is 0.791. The van der Waals surface area contributed by atoms with Gasteiger partial charge in [-0.05, 0) is 26.3 Å². The van der Waals surface area contributed by atoms with Crippen molar-refractivity contribution < 1.29 is 0 Å². The van der Waals surface area contributed by atoms with Crippen LogP contribution in [0, 0.1) is 0 Å². The fourth-order valence-electron chi connectivity index (χ4n) is 1.94. The molecular formula is C8H16N2S. The standard InChI is InChI=1S/C8H16N2S/c1-7-5-11-8(10-7)3-2-4-9-6-8/h7,9-10H,2-6H2,1H3. The van der Waals surface area contributed by atoms with Gasteiger partial charge in [-0.3, -0.25) is 5.32 Å². The highest BCUT2D eigenvalue weighted by molar-refractivity contribution is 8.00. The van der Waals surface area contributed by atoms with Crippen LogP contribution in [-0.2, 0) is 0 Å². The molecule has 0 aromatic carbocycles. The molecule has 2 rings (SSSR count). The van der Waals surface area contributed by atoms with E-state index in [2.05, 4.69) is 29.3 Å². The van der Waals surface area contributed by atoms with Crippen molar-refractivity contribution >= 4 is 11.8 Å². The molecule has 64 valence electrons. The van der Waals surface area contributed by atoms with Crippen molar-refractivity contribution in [2.24, 2.45) is 0 Å². The molecular weight excluding hydrogens is 156 g/mol. The topological polar surface area (TPSA) is 24.1 Å². The summed E-state index contributed by atoms with van der Waals surface area (Å²) in [5, 5.41) is 7.12. The number of hydrogen-bond donors (Lipinski definition) is 2. The zero-order valence-corrected chi connectivity index (χ0v) is 7.84. The van der Waals surface area contributed by atoms with Crippen LogP contribution in [0.3, 0.4) is 0 Å². The largest absolute Gasteiger partial charge is 0.314 e. The summed E-state index contributed by atoms with van der Waals surface area (Å²) in [6.45, 7) is 4.64. The van der Waals surface area contributed by atoms with E-state index in [1.165, 1.54) is 25.1 Å². The minimum absolute atomic E-state index is 0.400. The molecule has 0 bridgehead atoms. The van der Waals surface area contributed by atoms with E-state index >= 15 is 0 Å². The van der Waals surface area contributed by atoms with Crippen molar-refractivity contribution in [3.8, 4) is 0 Å². The molecule has 11 heavy (non-hydrogen) atoms. The summed E-state index contributed by atoms with van der Waals surface area (Å²) in [6.07, 6.45) is 2.67. The third-order valence-corrected chi connectivity index (χ3v) is 4.15. The second-order valence-electron chi connectivity index (χ2n) is 3.63. The van der Waals surface area contributed by atoms with Crippen molar-refractivity contribution in [2.45, 2.75) is 30.7 Å². The lowest BCUT2D eigenvalue weighted by Gasteiger charge is -2.33. The van der Waals surface area contributed by atoms with Crippen LogP contribution < -0.4 is 10.6 Å². The first kappa shape index (κ1) is 7.90. The van der Waals surface area contributed by atoms with E-state index in [1.54, 1.807) is 0 Å². The maximum absolute atomic E-state index is 3.67. The van der Waals surface area contributed by atoms with Crippen LogP contribution in [0.25, 0.3) is 0 Å². The van der Waals surface area contributed by atoms with Gasteiger partial charge in [-0.25, -0.2) is 0 Å².